The molecule has 1 unspecified atom stereocenters. The molecule has 1 aromatic heterocycles. The molecule has 1 N–H and O–H groups in total. The number of aromatic nitrogens is 1. The molecule has 106 valence electrons. The van der Waals surface area contributed by atoms with Crippen LogP contribution in [0.25, 0.3) is 0 Å². The summed E-state index contributed by atoms with van der Waals surface area (Å²) >= 11 is 1.75. The Hall–Kier alpha value is -1.39. The summed E-state index contributed by atoms with van der Waals surface area (Å²) in [5, 5.41) is 6.82. The van der Waals surface area contributed by atoms with Crippen LogP contribution in [0.4, 0.5) is 5.13 Å². The molecule has 0 aliphatic carbocycles. The SMILES string of the molecule is CCCNC(C)c1csc(N2Cc3ccccc3C2)n1. The van der Waals surface area contributed by atoms with Crippen molar-refractivity contribution >= 4 is 16.5 Å². The summed E-state index contributed by atoms with van der Waals surface area (Å²) in [7, 11) is 0. The Kier molecular flexibility index (Phi) is 4.03. The monoisotopic (exact) mass is 287 g/mol. The Morgan fingerprint density at radius 2 is 2.00 bits per heavy atom. The fraction of sp³-hybridized carbons (Fsp3) is 0.438. The Labute approximate surface area is 124 Å². The van der Waals surface area contributed by atoms with Crippen LogP contribution >= 0.6 is 11.3 Å². The molecule has 2 aromatic rings. The third-order valence-electron chi connectivity index (χ3n) is 3.77. The standard InChI is InChI=1S/C16H21N3S/c1-3-8-17-12(2)15-11-20-16(18-15)19-9-13-6-4-5-7-14(13)10-19/h4-7,11-12,17H,3,8-10H2,1-2H3. The van der Waals surface area contributed by atoms with E-state index in [0.29, 0.717) is 6.04 Å². The molecule has 20 heavy (non-hydrogen) atoms. The molecule has 2 heterocycles. The second-order valence-corrected chi connectivity index (χ2v) is 6.19. The largest absolute Gasteiger partial charge is 0.339 e. The molecule has 4 heteroatoms. The van der Waals surface area contributed by atoms with Crippen LogP contribution in [0.15, 0.2) is 29.6 Å². The minimum Gasteiger partial charge on any atom is -0.339 e. The number of hydrogen-bond acceptors (Lipinski definition) is 4. The lowest BCUT2D eigenvalue weighted by Gasteiger charge is -2.14. The fourth-order valence-electron chi connectivity index (χ4n) is 2.55. The highest BCUT2D eigenvalue weighted by Crippen LogP contribution is 2.31. The number of thiazole rings is 1. The first-order chi connectivity index (χ1) is 9.78. The summed E-state index contributed by atoms with van der Waals surface area (Å²) in [5.41, 5.74) is 4.03. The normalized spacial score (nSPS) is 15.4. The van der Waals surface area contributed by atoms with Crippen LogP contribution in [0.1, 0.15) is 43.1 Å². The van der Waals surface area contributed by atoms with Gasteiger partial charge >= 0.3 is 0 Å². The van der Waals surface area contributed by atoms with Crippen LogP contribution in [-0.4, -0.2) is 11.5 Å². The highest BCUT2D eigenvalue weighted by Gasteiger charge is 2.21. The number of hydrogen-bond donors (Lipinski definition) is 1. The van der Waals surface area contributed by atoms with E-state index in [9.17, 15) is 0 Å². The molecule has 1 aliphatic heterocycles. The zero-order chi connectivity index (χ0) is 13.9. The molecular weight excluding hydrogens is 266 g/mol. The molecule has 1 aliphatic rings. The molecule has 0 saturated carbocycles. The van der Waals surface area contributed by atoms with Gasteiger partial charge in [0.25, 0.3) is 0 Å². The Morgan fingerprint density at radius 3 is 2.65 bits per heavy atom. The molecule has 0 bridgehead atoms. The smallest absolute Gasteiger partial charge is 0.186 e. The van der Waals surface area contributed by atoms with Gasteiger partial charge in [-0.05, 0) is 31.0 Å². The topological polar surface area (TPSA) is 28.2 Å². The Bertz CT molecular complexity index is 554. The van der Waals surface area contributed by atoms with Crippen LogP contribution in [0, 0.1) is 0 Å². The number of nitrogens with zero attached hydrogens (tertiary/aromatic N) is 2. The first-order valence-electron chi connectivity index (χ1n) is 7.28. The molecule has 0 spiro atoms. The van der Waals surface area contributed by atoms with Gasteiger partial charge < -0.3 is 10.2 Å². The van der Waals surface area contributed by atoms with E-state index >= 15 is 0 Å². The Balaban J connectivity index is 1.69. The summed E-state index contributed by atoms with van der Waals surface area (Å²) in [6.45, 7) is 7.39. The van der Waals surface area contributed by atoms with Crippen LogP contribution in [0.3, 0.4) is 0 Å². The second kappa shape index (κ2) is 5.94. The van der Waals surface area contributed by atoms with Crippen molar-refractivity contribution in [3.05, 3.63) is 46.5 Å². The quantitative estimate of drug-likeness (QED) is 0.908. The number of nitrogens with one attached hydrogen (secondary N) is 1. The van der Waals surface area contributed by atoms with E-state index in [2.05, 4.69) is 53.7 Å². The maximum absolute atomic E-state index is 4.81. The second-order valence-electron chi connectivity index (χ2n) is 5.36. The van der Waals surface area contributed by atoms with Crippen molar-refractivity contribution in [1.29, 1.82) is 0 Å². The van der Waals surface area contributed by atoms with Crippen LogP contribution in [-0.2, 0) is 13.1 Å². The molecule has 1 atom stereocenters. The van der Waals surface area contributed by atoms with Crippen molar-refractivity contribution in [2.24, 2.45) is 0 Å². The van der Waals surface area contributed by atoms with E-state index in [-0.39, 0.29) is 0 Å². The number of anilines is 1. The lowest BCUT2D eigenvalue weighted by Crippen LogP contribution is -2.20. The highest BCUT2D eigenvalue weighted by molar-refractivity contribution is 7.13. The fourth-order valence-corrected chi connectivity index (χ4v) is 3.47. The van der Waals surface area contributed by atoms with Crippen LogP contribution < -0.4 is 10.2 Å². The van der Waals surface area contributed by atoms with Gasteiger partial charge in [0.05, 0.1) is 5.69 Å². The molecule has 1 aromatic carbocycles. The van der Waals surface area contributed by atoms with E-state index in [4.69, 9.17) is 4.98 Å². The van der Waals surface area contributed by atoms with E-state index in [1.54, 1.807) is 11.3 Å². The van der Waals surface area contributed by atoms with Crippen molar-refractivity contribution in [2.45, 2.75) is 39.4 Å². The van der Waals surface area contributed by atoms with Gasteiger partial charge in [-0.1, -0.05) is 31.2 Å². The lowest BCUT2D eigenvalue weighted by atomic mass is 10.1. The summed E-state index contributed by atoms with van der Waals surface area (Å²) in [6.07, 6.45) is 1.16. The van der Waals surface area contributed by atoms with Gasteiger partial charge in [0.1, 0.15) is 0 Å². The van der Waals surface area contributed by atoms with E-state index < -0.39 is 0 Å². The number of benzene rings is 1. The van der Waals surface area contributed by atoms with Gasteiger partial charge in [0, 0.05) is 24.5 Å². The summed E-state index contributed by atoms with van der Waals surface area (Å²) < 4.78 is 0. The molecule has 0 amide bonds. The molecular formula is C16H21N3S. The maximum atomic E-state index is 4.81. The summed E-state index contributed by atoms with van der Waals surface area (Å²) in [5.74, 6) is 0. The zero-order valence-electron chi connectivity index (χ0n) is 12.1. The summed E-state index contributed by atoms with van der Waals surface area (Å²) in [6, 6.07) is 9.01. The first-order valence-corrected chi connectivity index (χ1v) is 8.16. The molecule has 3 nitrogen and oxygen atoms in total. The van der Waals surface area contributed by atoms with Crippen molar-refractivity contribution < 1.29 is 0 Å². The van der Waals surface area contributed by atoms with Crippen molar-refractivity contribution in [2.75, 3.05) is 11.4 Å². The first kappa shape index (κ1) is 13.6. The highest BCUT2D eigenvalue weighted by atomic mass is 32.1. The maximum Gasteiger partial charge on any atom is 0.186 e. The van der Waals surface area contributed by atoms with Crippen molar-refractivity contribution in [1.82, 2.24) is 10.3 Å². The van der Waals surface area contributed by atoms with Gasteiger partial charge in [-0.2, -0.15) is 0 Å². The van der Waals surface area contributed by atoms with Gasteiger partial charge in [-0.25, -0.2) is 4.98 Å². The molecule has 0 radical (unpaired) electrons. The zero-order valence-corrected chi connectivity index (χ0v) is 12.9. The van der Waals surface area contributed by atoms with Crippen molar-refractivity contribution in [3.8, 4) is 0 Å². The third kappa shape index (κ3) is 2.72. The van der Waals surface area contributed by atoms with Crippen LogP contribution in [0.2, 0.25) is 0 Å². The minimum absolute atomic E-state index is 0.338. The number of rotatable bonds is 5. The summed E-state index contributed by atoms with van der Waals surface area (Å²) in [4.78, 5) is 7.18. The van der Waals surface area contributed by atoms with Gasteiger partial charge in [0.2, 0.25) is 0 Å². The average Bonchev–Trinajstić information content (AvgIpc) is 3.10. The van der Waals surface area contributed by atoms with E-state index in [0.717, 1.165) is 36.9 Å². The predicted octanol–water partition coefficient (Wildman–Crippen LogP) is 3.72. The van der Waals surface area contributed by atoms with Gasteiger partial charge in [-0.15, -0.1) is 11.3 Å². The third-order valence-corrected chi connectivity index (χ3v) is 4.68. The van der Waals surface area contributed by atoms with Gasteiger partial charge in [0.15, 0.2) is 5.13 Å². The van der Waals surface area contributed by atoms with Crippen molar-refractivity contribution in [3.63, 3.8) is 0 Å². The van der Waals surface area contributed by atoms with E-state index in [1.807, 2.05) is 0 Å². The van der Waals surface area contributed by atoms with Gasteiger partial charge in [-0.3, -0.25) is 0 Å². The minimum atomic E-state index is 0.338. The average molecular weight is 287 g/mol. The van der Waals surface area contributed by atoms with E-state index in [1.165, 1.54) is 11.1 Å². The predicted molar refractivity (Wildman–Crippen MR) is 85.2 cm³/mol. The molecule has 0 saturated heterocycles. The lowest BCUT2D eigenvalue weighted by molar-refractivity contribution is 0.560. The number of fused-ring (bicyclic) bond motifs is 1. The Morgan fingerprint density at radius 1 is 1.30 bits per heavy atom. The molecule has 0 fully saturated rings. The molecule has 3 rings (SSSR count). The van der Waals surface area contributed by atoms with Crippen LogP contribution in [0.5, 0.6) is 0 Å².